The standard InChI is InChI=1S/C11H21N5O2S/c1-9(7-16-5-3-4-6-16)14-19(17,18)10-8-15(2)13-11(10)12/h8-9,14H,3-7H2,1-2H3,(H2,12,13). The van der Waals surface area contributed by atoms with Gasteiger partial charge in [0.25, 0.3) is 0 Å². The Kier molecular flexibility index (Phi) is 4.12. The molecule has 108 valence electrons. The molecule has 0 radical (unpaired) electrons. The van der Waals surface area contributed by atoms with E-state index in [1.54, 1.807) is 7.05 Å². The van der Waals surface area contributed by atoms with Gasteiger partial charge in [-0.15, -0.1) is 0 Å². The maximum absolute atomic E-state index is 12.2. The summed E-state index contributed by atoms with van der Waals surface area (Å²) < 4.78 is 28.4. The number of nitrogens with zero attached hydrogens (tertiary/aromatic N) is 3. The Bertz CT molecular complexity index is 533. The first-order chi connectivity index (χ1) is 8.88. The summed E-state index contributed by atoms with van der Waals surface area (Å²) in [6.45, 7) is 4.67. The van der Waals surface area contributed by atoms with Crippen molar-refractivity contribution in [2.24, 2.45) is 7.05 Å². The van der Waals surface area contributed by atoms with Crippen LogP contribution in [0.15, 0.2) is 11.1 Å². The molecule has 1 fully saturated rings. The van der Waals surface area contributed by atoms with Crippen molar-refractivity contribution in [3.05, 3.63) is 6.20 Å². The Morgan fingerprint density at radius 2 is 2.11 bits per heavy atom. The molecule has 0 amide bonds. The molecule has 2 rings (SSSR count). The third-order valence-corrected chi connectivity index (χ3v) is 4.80. The third kappa shape index (κ3) is 3.46. The molecule has 0 saturated carbocycles. The van der Waals surface area contributed by atoms with Gasteiger partial charge in [-0.1, -0.05) is 0 Å². The predicted molar refractivity (Wildman–Crippen MR) is 73.1 cm³/mol. The highest BCUT2D eigenvalue weighted by atomic mass is 32.2. The van der Waals surface area contributed by atoms with Crippen LogP contribution < -0.4 is 10.5 Å². The lowest BCUT2D eigenvalue weighted by Gasteiger charge is -2.20. The zero-order valence-corrected chi connectivity index (χ0v) is 12.2. The lowest BCUT2D eigenvalue weighted by atomic mass is 10.3. The fourth-order valence-corrected chi connectivity index (χ4v) is 3.75. The van der Waals surface area contributed by atoms with E-state index in [1.165, 1.54) is 23.7 Å². The van der Waals surface area contributed by atoms with Gasteiger partial charge < -0.3 is 10.6 Å². The number of rotatable bonds is 5. The van der Waals surface area contributed by atoms with E-state index in [0.29, 0.717) is 0 Å². The van der Waals surface area contributed by atoms with Crippen molar-refractivity contribution in [1.82, 2.24) is 19.4 Å². The van der Waals surface area contributed by atoms with Crippen LogP contribution in [0.4, 0.5) is 5.82 Å². The average Bonchev–Trinajstić information content (AvgIpc) is 2.87. The van der Waals surface area contributed by atoms with E-state index in [1.807, 2.05) is 6.92 Å². The van der Waals surface area contributed by atoms with Crippen LogP contribution >= 0.6 is 0 Å². The largest absolute Gasteiger partial charge is 0.381 e. The SMILES string of the molecule is CC(CN1CCCC1)NS(=O)(=O)c1cn(C)nc1N. The van der Waals surface area contributed by atoms with E-state index in [2.05, 4.69) is 14.7 Å². The van der Waals surface area contributed by atoms with Crippen molar-refractivity contribution >= 4 is 15.8 Å². The molecule has 3 N–H and O–H groups in total. The summed E-state index contributed by atoms with van der Waals surface area (Å²) in [5.41, 5.74) is 5.61. The van der Waals surface area contributed by atoms with Crippen LogP contribution in [0.3, 0.4) is 0 Å². The van der Waals surface area contributed by atoms with Crippen LogP contribution in [0, 0.1) is 0 Å². The van der Waals surface area contributed by atoms with Crippen molar-refractivity contribution in [1.29, 1.82) is 0 Å². The molecule has 1 aromatic rings. The molecule has 1 saturated heterocycles. The second-order valence-electron chi connectivity index (χ2n) is 5.08. The first-order valence-electron chi connectivity index (χ1n) is 6.42. The number of hydrogen-bond donors (Lipinski definition) is 2. The molecule has 19 heavy (non-hydrogen) atoms. The fourth-order valence-electron chi connectivity index (χ4n) is 2.41. The number of aromatic nitrogens is 2. The zero-order chi connectivity index (χ0) is 14.0. The summed E-state index contributed by atoms with van der Waals surface area (Å²) in [4.78, 5) is 2.31. The number of likely N-dealkylation sites (tertiary alicyclic amines) is 1. The molecule has 0 bridgehead atoms. The Morgan fingerprint density at radius 3 is 2.63 bits per heavy atom. The van der Waals surface area contributed by atoms with Crippen LogP contribution in [-0.2, 0) is 17.1 Å². The number of nitrogen functional groups attached to an aromatic ring is 1. The second kappa shape index (κ2) is 5.48. The summed E-state index contributed by atoms with van der Waals surface area (Å²) in [7, 11) is -1.95. The third-order valence-electron chi connectivity index (χ3n) is 3.20. The lowest BCUT2D eigenvalue weighted by molar-refractivity contribution is 0.313. The van der Waals surface area contributed by atoms with Crippen LogP contribution in [-0.4, -0.2) is 48.8 Å². The molecule has 1 aliphatic rings. The number of sulfonamides is 1. The van der Waals surface area contributed by atoms with Gasteiger partial charge in [0, 0.05) is 25.8 Å². The van der Waals surface area contributed by atoms with E-state index in [9.17, 15) is 8.42 Å². The van der Waals surface area contributed by atoms with Gasteiger partial charge in [-0.3, -0.25) is 4.68 Å². The van der Waals surface area contributed by atoms with Crippen LogP contribution in [0.5, 0.6) is 0 Å². The van der Waals surface area contributed by atoms with Crippen molar-refractivity contribution < 1.29 is 8.42 Å². The number of nitrogens with two attached hydrogens (primary N) is 1. The van der Waals surface area contributed by atoms with Gasteiger partial charge in [-0.2, -0.15) is 5.10 Å². The minimum atomic E-state index is -3.60. The Hall–Kier alpha value is -1.12. The molecule has 1 unspecified atom stereocenters. The fraction of sp³-hybridized carbons (Fsp3) is 0.727. The minimum Gasteiger partial charge on any atom is -0.381 e. The monoisotopic (exact) mass is 287 g/mol. The molecule has 1 aliphatic heterocycles. The summed E-state index contributed by atoms with van der Waals surface area (Å²) in [5, 5.41) is 3.85. The maximum atomic E-state index is 12.2. The molecule has 0 aliphatic carbocycles. The quantitative estimate of drug-likeness (QED) is 0.780. The molecule has 2 heterocycles. The van der Waals surface area contributed by atoms with E-state index in [4.69, 9.17) is 5.73 Å². The zero-order valence-electron chi connectivity index (χ0n) is 11.3. The normalized spacial score (nSPS) is 18.8. The number of anilines is 1. The summed E-state index contributed by atoms with van der Waals surface area (Å²) in [6, 6.07) is -0.150. The van der Waals surface area contributed by atoms with Crippen LogP contribution in [0.25, 0.3) is 0 Å². The minimum absolute atomic E-state index is 0.0309. The highest BCUT2D eigenvalue weighted by Crippen LogP contribution is 2.16. The lowest BCUT2D eigenvalue weighted by Crippen LogP contribution is -2.41. The molecule has 0 spiro atoms. The topological polar surface area (TPSA) is 93.2 Å². The number of aryl methyl sites for hydroxylation is 1. The maximum Gasteiger partial charge on any atom is 0.246 e. The van der Waals surface area contributed by atoms with Gasteiger partial charge >= 0.3 is 0 Å². The molecule has 1 aromatic heterocycles. The van der Waals surface area contributed by atoms with E-state index in [-0.39, 0.29) is 16.8 Å². The highest BCUT2D eigenvalue weighted by Gasteiger charge is 2.24. The first kappa shape index (κ1) is 14.3. The van der Waals surface area contributed by atoms with E-state index in [0.717, 1.165) is 19.6 Å². The molecule has 8 heteroatoms. The van der Waals surface area contributed by atoms with Crippen molar-refractivity contribution in [2.75, 3.05) is 25.4 Å². The Labute approximate surface area is 113 Å². The van der Waals surface area contributed by atoms with Gasteiger partial charge in [-0.25, -0.2) is 13.1 Å². The number of hydrogen-bond acceptors (Lipinski definition) is 5. The van der Waals surface area contributed by atoms with E-state index < -0.39 is 10.0 Å². The number of nitrogens with one attached hydrogen (secondary N) is 1. The smallest absolute Gasteiger partial charge is 0.246 e. The summed E-state index contributed by atoms with van der Waals surface area (Å²) in [5.74, 6) is 0.0309. The molecule has 7 nitrogen and oxygen atoms in total. The van der Waals surface area contributed by atoms with Crippen molar-refractivity contribution in [2.45, 2.75) is 30.7 Å². The average molecular weight is 287 g/mol. The van der Waals surface area contributed by atoms with Crippen LogP contribution in [0.2, 0.25) is 0 Å². The molecule has 1 atom stereocenters. The van der Waals surface area contributed by atoms with Crippen molar-refractivity contribution in [3.63, 3.8) is 0 Å². The van der Waals surface area contributed by atoms with Gasteiger partial charge in [-0.05, 0) is 32.9 Å². The predicted octanol–water partition coefficient (Wildman–Crippen LogP) is -0.235. The molecule has 0 aromatic carbocycles. The van der Waals surface area contributed by atoms with Gasteiger partial charge in [0.15, 0.2) is 5.82 Å². The van der Waals surface area contributed by atoms with Gasteiger partial charge in [0.2, 0.25) is 10.0 Å². The van der Waals surface area contributed by atoms with Crippen molar-refractivity contribution in [3.8, 4) is 0 Å². The molecular formula is C11H21N5O2S. The Balaban J connectivity index is 2.02. The summed E-state index contributed by atoms with van der Waals surface area (Å²) >= 11 is 0. The van der Waals surface area contributed by atoms with Gasteiger partial charge in [0.1, 0.15) is 4.90 Å². The molecular weight excluding hydrogens is 266 g/mol. The van der Waals surface area contributed by atoms with Gasteiger partial charge in [0.05, 0.1) is 0 Å². The van der Waals surface area contributed by atoms with E-state index >= 15 is 0 Å². The van der Waals surface area contributed by atoms with Crippen LogP contribution in [0.1, 0.15) is 19.8 Å². The second-order valence-corrected chi connectivity index (χ2v) is 6.76. The highest BCUT2D eigenvalue weighted by molar-refractivity contribution is 7.89. The summed E-state index contributed by atoms with van der Waals surface area (Å²) in [6.07, 6.45) is 3.80. The first-order valence-corrected chi connectivity index (χ1v) is 7.90. The Morgan fingerprint density at radius 1 is 1.47 bits per heavy atom.